The zero-order chi connectivity index (χ0) is 24.0. The van der Waals surface area contributed by atoms with E-state index in [1.54, 1.807) is 0 Å². The Morgan fingerprint density at radius 1 is 0.686 bits per heavy atom. The van der Waals surface area contributed by atoms with E-state index in [4.69, 9.17) is 11.6 Å². The van der Waals surface area contributed by atoms with Gasteiger partial charge in [-0.05, 0) is 77.1 Å². The summed E-state index contributed by atoms with van der Waals surface area (Å²) in [5.74, 6) is 0. The number of hydrogen-bond donors (Lipinski definition) is 0. The van der Waals surface area contributed by atoms with Gasteiger partial charge in [0.05, 0.1) is 5.69 Å². The predicted molar refractivity (Wildman–Crippen MR) is 149 cm³/mol. The SMILES string of the molecule is CC1(C)C2=C(CCC(N(c3ccc(Cl)cc3)c3ccccc3-c3ccccc3)=C2)c2ccccc21. The molecule has 0 saturated heterocycles. The van der Waals surface area contributed by atoms with Gasteiger partial charge in [0.2, 0.25) is 0 Å². The van der Waals surface area contributed by atoms with Gasteiger partial charge in [-0.3, -0.25) is 0 Å². The van der Waals surface area contributed by atoms with Gasteiger partial charge in [0, 0.05) is 27.4 Å². The Kier molecular flexibility index (Phi) is 5.39. The van der Waals surface area contributed by atoms with E-state index in [0.29, 0.717) is 0 Å². The lowest BCUT2D eigenvalue weighted by Crippen LogP contribution is -2.22. The maximum Gasteiger partial charge on any atom is 0.0536 e. The molecule has 0 amide bonds. The lowest BCUT2D eigenvalue weighted by Gasteiger charge is -2.34. The van der Waals surface area contributed by atoms with Crippen LogP contribution in [0.2, 0.25) is 5.02 Å². The molecular formula is C33H28ClN. The van der Waals surface area contributed by atoms with Crippen LogP contribution in [-0.4, -0.2) is 0 Å². The third-order valence-electron chi connectivity index (χ3n) is 7.47. The molecule has 0 aromatic heterocycles. The van der Waals surface area contributed by atoms with Gasteiger partial charge < -0.3 is 4.90 Å². The molecule has 0 spiro atoms. The molecule has 2 aliphatic carbocycles. The summed E-state index contributed by atoms with van der Waals surface area (Å²) in [6.45, 7) is 4.72. The Bertz CT molecular complexity index is 1460. The average Bonchev–Trinajstić information content (AvgIpc) is 3.13. The minimum absolute atomic E-state index is 0.0117. The molecule has 0 N–H and O–H groups in total. The Labute approximate surface area is 213 Å². The highest BCUT2D eigenvalue weighted by Gasteiger charge is 2.38. The van der Waals surface area contributed by atoms with Crippen LogP contribution in [0.4, 0.5) is 11.4 Å². The van der Waals surface area contributed by atoms with Crippen molar-refractivity contribution in [3.05, 3.63) is 137 Å². The van der Waals surface area contributed by atoms with Crippen molar-refractivity contribution in [2.45, 2.75) is 32.1 Å². The van der Waals surface area contributed by atoms with Crippen LogP contribution in [0, 0.1) is 0 Å². The van der Waals surface area contributed by atoms with Gasteiger partial charge >= 0.3 is 0 Å². The standard InChI is InChI=1S/C33H28ClN/c1-33(2)30-14-8-6-13-28(30)29-21-20-26(22-31(29)33)35(25-18-16-24(34)17-19-25)32-15-9-7-12-27(32)23-10-4-3-5-11-23/h3-19,22H,20-21H2,1-2H3. The molecule has 0 bridgehead atoms. The third-order valence-corrected chi connectivity index (χ3v) is 7.72. The van der Waals surface area contributed by atoms with Crippen molar-refractivity contribution in [2.24, 2.45) is 0 Å². The first-order valence-corrected chi connectivity index (χ1v) is 12.7. The summed E-state index contributed by atoms with van der Waals surface area (Å²) in [4.78, 5) is 2.43. The predicted octanol–water partition coefficient (Wildman–Crippen LogP) is 9.57. The number of rotatable bonds is 4. The number of halogens is 1. The first-order valence-electron chi connectivity index (χ1n) is 12.3. The quantitative estimate of drug-likeness (QED) is 0.285. The molecule has 2 heteroatoms. The number of para-hydroxylation sites is 1. The molecule has 0 unspecified atom stereocenters. The molecular weight excluding hydrogens is 446 g/mol. The molecule has 0 fully saturated rings. The molecule has 0 saturated carbocycles. The number of fused-ring (bicyclic) bond motifs is 2. The Morgan fingerprint density at radius 3 is 2.11 bits per heavy atom. The highest BCUT2D eigenvalue weighted by atomic mass is 35.5. The van der Waals surface area contributed by atoms with E-state index in [9.17, 15) is 0 Å². The lowest BCUT2D eigenvalue weighted by atomic mass is 9.79. The minimum Gasteiger partial charge on any atom is -0.314 e. The van der Waals surface area contributed by atoms with Gasteiger partial charge in [-0.15, -0.1) is 0 Å². The van der Waals surface area contributed by atoms with E-state index in [0.717, 1.165) is 23.6 Å². The molecule has 4 aromatic carbocycles. The second-order valence-corrected chi connectivity index (χ2v) is 10.3. The summed E-state index contributed by atoms with van der Waals surface area (Å²) < 4.78 is 0. The van der Waals surface area contributed by atoms with Gasteiger partial charge in [-0.2, -0.15) is 0 Å². The van der Waals surface area contributed by atoms with E-state index < -0.39 is 0 Å². The topological polar surface area (TPSA) is 3.24 Å². The summed E-state index contributed by atoms with van der Waals surface area (Å²) >= 11 is 6.30. The van der Waals surface area contributed by atoms with Crippen LogP contribution in [0.5, 0.6) is 0 Å². The number of anilines is 2. The fourth-order valence-electron chi connectivity index (χ4n) is 5.74. The maximum atomic E-state index is 6.30. The van der Waals surface area contributed by atoms with Crippen LogP contribution in [0.1, 0.15) is 37.8 Å². The number of benzene rings is 4. The lowest BCUT2D eigenvalue weighted by molar-refractivity contribution is 0.648. The monoisotopic (exact) mass is 473 g/mol. The summed E-state index contributed by atoms with van der Waals surface area (Å²) in [7, 11) is 0. The first-order chi connectivity index (χ1) is 17.0. The van der Waals surface area contributed by atoms with Crippen LogP contribution in [-0.2, 0) is 5.41 Å². The van der Waals surface area contributed by atoms with Crippen molar-refractivity contribution in [1.29, 1.82) is 0 Å². The molecule has 172 valence electrons. The van der Waals surface area contributed by atoms with Crippen molar-refractivity contribution >= 4 is 28.5 Å². The molecule has 0 heterocycles. The highest BCUT2D eigenvalue weighted by Crippen LogP contribution is 2.52. The fraction of sp³-hybridized carbons (Fsp3) is 0.152. The second kappa shape index (κ2) is 8.59. The molecule has 2 aliphatic rings. The average molecular weight is 474 g/mol. The van der Waals surface area contributed by atoms with Crippen molar-refractivity contribution in [3.63, 3.8) is 0 Å². The van der Waals surface area contributed by atoms with Crippen LogP contribution in [0.25, 0.3) is 16.7 Å². The van der Waals surface area contributed by atoms with Crippen molar-refractivity contribution in [3.8, 4) is 11.1 Å². The fourth-order valence-corrected chi connectivity index (χ4v) is 5.87. The number of hydrogen-bond acceptors (Lipinski definition) is 1. The van der Waals surface area contributed by atoms with Gasteiger partial charge in [0.15, 0.2) is 0 Å². The first kappa shape index (κ1) is 21.9. The summed E-state index contributed by atoms with van der Waals surface area (Å²) in [6.07, 6.45) is 4.48. The van der Waals surface area contributed by atoms with E-state index in [1.807, 2.05) is 12.1 Å². The molecule has 0 aliphatic heterocycles. The largest absolute Gasteiger partial charge is 0.314 e. The smallest absolute Gasteiger partial charge is 0.0536 e. The summed E-state index contributed by atoms with van der Waals surface area (Å²) in [5.41, 5.74) is 11.8. The van der Waals surface area contributed by atoms with E-state index in [1.165, 1.54) is 44.8 Å². The highest BCUT2D eigenvalue weighted by molar-refractivity contribution is 6.30. The Hall–Kier alpha value is -3.55. The molecule has 4 aromatic rings. The summed E-state index contributed by atoms with van der Waals surface area (Å²) in [6, 6.07) is 36.5. The zero-order valence-electron chi connectivity index (χ0n) is 20.1. The van der Waals surface area contributed by atoms with Gasteiger partial charge in [-0.25, -0.2) is 0 Å². The second-order valence-electron chi connectivity index (χ2n) is 9.89. The van der Waals surface area contributed by atoms with Gasteiger partial charge in [0.25, 0.3) is 0 Å². The maximum absolute atomic E-state index is 6.30. The molecule has 1 nitrogen and oxygen atoms in total. The van der Waals surface area contributed by atoms with E-state index in [2.05, 4.69) is 116 Å². The van der Waals surface area contributed by atoms with E-state index in [-0.39, 0.29) is 5.41 Å². The van der Waals surface area contributed by atoms with Crippen molar-refractivity contribution < 1.29 is 0 Å². The Balaban J connectivity index is 1.54. The van der Waals surface area contributed by atoms with Crippen molar-refractivity contribution in [2.75, 3.05) is 4.90 Å². The van der Waals surface area contributed by atoms with Crippen LogP contribution < -0.4 is 4.90 Å². The van der Waals surface area contributed by atoms with Gasteiger partial charge in [-0.1, -0.05) is 98.2 Å². The van der Waals surface area contributed by atoms with Crippen molar-refractivity contribution in [1.82, 2.24) is 0 Å². The molecule has 0 atom stereocenters. The van der Waals surface area contributed by atoms with Gasteiger partial charge in [0.1, 0.15) is 0 Å². The normalized spacial score (nSPS) is 15.9. The molecule has 0 radical (unpaired) electrons. The number of nitrogens with zero attached hydrogens (tertiary/aromatic N) is 1. The van der Waals surface area contributed by atoms with Crippen LogP contribution >= 0.6 is 11.6 Å². The van der Waals surface area contributed by atoms with E-state index >= 15 is 0 Å². The minimum atomic E-state index is -0.0117. The number of allylic oxidation sites excluding steroid dienone is 4. The third kappa shape index (κ3) is 3.72. The molecule has 35 heavy (non-hydrogen) atoms. The summed E-state index contributed by atoms with van der Waals surface area (Å²) in [5, 5.41) is 0.750. The van der Waals surface area contributed by atoms with Crippen LogP contribution in [0.3, 0.4) is 0 Å². The van der Waals surface area contributed by atoms with Crippen LogP contribution in [0.15, 0.2) is 120 Å². The Morgan fingerprint density at radius 2 is 1.34 bits per heavy atom. The zero-order valence-corrected chi connectivity index (χ0v) is 20.9. The molecule has 6 rings (SSSR count).